The number of ether oxygens (including phenoxy) is 1. The van der Waals surface area contributed by atoms with Crippen molar-refractivity contribution in [3.8, 4) is 0 Å². The SMILES string of the molecule is CCCCOC(=O)N1CC(O[Si](C)(C)C(C)(C)C)C[C@H]1C=O. The number of aldehydes is 1. The van der Waals surface area contributed by atoms with Gasteiger partial charge in [0.25, 0.3) is 0 Å². The van der Waals surface area contributed by atoms with Gasteiger partial charge in [-0.2, -0.15) is 0 Å². The van der Waals surface area contributed by atoms with Gasteiger partial charge in [0.05, 0.1) is 18.8 Å². The van der Waals surface area contributed by atoms with Gasteiger partial charge in [0, 0.05) is 13.0 Å². The van der Waals surface area contributed by atoms with E-state index in [0.717, 1.165) is 19.1 Å². The minimum Gasteiger partial charge on any atom is -0.449 e. The Labute approximate surface area is 135 Å². The summed E-state index contributed by atoms with van der Waals surface area (Å²) in [6.07, 6.45) is 2.74. The Morgan fingerprint density at radius 2 is 2.00 bits per heavy atom. The highest BCUT2D eigenvalue weighted by Crippen LogP contribution is 2.38. The maximum atomic E-state index is 12.1. The summed E-state index contributed by atoms with van der Waals surface area (Å²) in [7, 11) is -1.90. The zero-order valence-electron chi connectivity index (χ0n) is 14.8. The van der Waals surface area contributed by atoms with Gasteiger partial charge in [-0.15, -0.1) is 0 Å². The lowest BCUT2D eigenvalue weighted by Gasteiger charge is -2.38. The maximum Gasteiger partial charge on any atom is 0.410 e. The van der Waals surface area contributed by atoms with Gasteiger partial charge in [-0.25, -0.2) is 4.79 Å². The fraction of sp³-hybridized carbons (Fsp3) is 0.875. The monoisotopic (exact) mass is 329 g/mol. The standard InChI is InChI=1S/C16H31NO4Si/c1-7-8-9-20-15(19)17-11-14(10-13(17)12-18)21-22(5,6)16(2,3)4/h12-14H,7-11H2,1-6H3/t13-,14?/m0/s1. The van der Waals surface area contributed by atoms with Crippen molar-refractivity contribution in [3.63, 3.8) is 0 Å². The fourth-order valence-electron chi connectivity index (χ4n) is 2.23. The van der Waals surface area contributed by atoms with Gasteiger partial charge in [-0.3, -0.25) is 4.90 Å². The van der Waals surface area contributed by atoms with Crippen LogP contribution in [0.2, 0.25) is 18.1 Å². The number of hydrogen-bond acceptors (Lipinski definition) is 4. The molecule has 0 bridgehead atoms. The van der Waals surface area contributed by atoms with Crippen LogP contribution in [-0.2, 0) is 14.0 Å². The summed E-state index contributed by atoms with van der Waals surface area (Å²) in [5, 5.41) is 0.110. The van der Waals surface area contributed by atoms with E-state index in [1.807, 2.05) is 6.92 Å². The lowest BCUT2D eigenvalue weighted by atomic mass is 10.2. The number of rotatable bonds is 6. The third kappa shape index (κ3) is 4.81. The first-order valence-corrected chi connectivity index (χ1v) is 11.1. The molecule has 1 amide bonds. The summed E-state index contributed by atoms with van der Waals surface area (Å²) in [6, 6.07) is -0.427. The molecule has 1 unspecified atom stereocenters. The van der Waals surface area contributed by atoms with Crippen molar-refractivity contribution in [1.29, 1.82) is 0 Å². The first-order chi connectivity index (χ1) is 10.1. The topological polar surface area (TPSA) is 55.8 Å². The van der Waals surface area contributed by atoms with E-state index in [1.165, 1.54) is 4.90 Å². The average molecular weight is 330 g/mol. The van der Waals surface area contributed by atoms with Crippen molar-refractivity contribution in [2.24, 2.45) is 0 Å². The van der Waals surface area contributed by atoms with Crippen LogP contribution in [0, 0.1) is 0 Å². The second kappa shape index (κ2) is 7.59. The Bertz CT molecular complexity index is 392. The molecule has 1 rings (SSSR count). The quantitative estimate of drug-likeness (QED) is 0.424. The molecule has 1 aliphatic rings. The Hall–Kier alpha value is -0.883. The first kappa shape index (κ1) is 19.2. The third-order valence-corrected chi connectivity index (χ3v) is 9.22. The highest BCUT2D eigenvalue weighted by atomic mass is 28.4. The second-order valence-electron chi connectivity index (χ2n) is 7.56. The van der Waals surface area contributed by atoms with Gasteiger partial charge < -0.3 is 14.0 Å². The number of hydrogen-bond donors (Lipinski definition) is 0. The van der Waals surface area contributed by atoms with Gasteiger partial charge in [0.2, 0.25) is 0 Å². The largest absolute Gasteiger partial charge is 0.449 e. The highest BCUT2D eigenvalue weighted by molar-refractivity contribution is 6.74. The Kier molecular flexibility index (Phi) is 6.61. The Morgan fingerprint density at radius 1 is 1.36 bits per heavy atom. The predicted octanol–water partition coefficient (Wildman–Crippen LogP) is 3.59. The summed E-state index contributed by atoms with van der Waals surface area (Å²) in [6.45, 7) is 13.8. The van der Waals surface area contributed by atoms with E-state index in [1.54, 1.807) is 0 Å². The number of carbonyl (C=O) groups excluding carboxylic acids is 2. The molecule has 1 heterocycles. The average Bonchev–Trinajstić information content (AvgIpc) is 2.80. The van der Waals surface area contributed by atoms with Crippen LogP contribution in [0.3, 0.4) is 0 Å². The first-order valence-electron chi connectivity index (χ1n) is 8.19. The molecule has 0 saturated carbocycles. The molecule has 2 atom stereocenters. The van der Waals surface area contributed by atoms with Crippen molar-refractivity contribution < 1.29 is 18.8 Å². The number of amides is 1. The summed E-state index contributed by atoms with van der Waals surface area (Å²) >= 11 is 0. The van der Waals surface area contributed by atoms with E-state index in [0.29, 0.717) is 19.6 Å². The number of carbonyl (C=O) groups is 2. The van der Waals surface area contributed by atoms with Crippen molar-refractivity contribution in [1.82, 2.24) is 4.90 Å². The van der Waals surface area contributed by atoms with E-state index >= 15 is 0 Å². The maximum absolute atomic E-state index is 12.1. The smallest absolute Gasteiger partial charge is 0.410 e. The molecule has 0 spiro atoms. The molecule has 0 radical (unpaired) electrons. The number of unbranched alkanes of at least 4 members (excludes halogenated alkanes) is 1. The summed E-state index contributed by atoms with van der Waals surface area (Å²) < 4.78 is 11.6. The molecule has 1 fully saturated rings. The minimum absolute atomic E-state index is 0.0742. The zero-order valence-corrected chi connectivity index (χ0v) is 15.8. The molecule has 128 valence electrons. The molecule has 0 aromatic rings. The van der Waals surface area contributed by atoms with Crippen LogP contribution < -0.4 is 0 Å². The number of likely N-dealkylation sites (tertiary alicyclic amines) is 1. The Balaban J connectivity index is 2.65. The van der Waals surface area contributed by atoms with Crippen molar-refractivity contribution in [2.75, 3.05) is 13.2 Å². The minimum atomic E-state index is -1.90. The summed E-state index contributed by atoms with van der Waals surface area (Å²) in [4.78, 5) is 24.9. The van der Waals surface area contributed by atoms with Crippen LogP contribution in [0.25, 0.3) is 0 Å². The number of nitrogens with zero attached hydrogens (tertiary/aromatic N) is 1. The van der Waals surface area contributed by atoms with Gasteiger partial charge in [0.1, 0.15) is 6.29 Å². The Morgan fingerprint density at radius 3 is 2.50 bits per heavy atom. The van der Waals surface area contributed by atoms with E-state index in [2.05, 4.69) is 33.9 Å². The molecule has 1 saturated heterocycles. The highest BCUT2D eigenvalue weighted by Gasteiger charge is 2.43. The van der Waals surface area contributed by atoms with E-state index in [9.17, 15) is 9.59 Å². The van der Waals surface area contributed by atoms with Crippen LogP contribution in [0.5, 0.6) is 0 Å². The van der Waals surface area contributed by atoms with Crippen LogP contribution >= 0.6 is 0 Å². The molecule has 0 aromatic carbocycles. The predicted molar refractivity (Wildman–Crippen MR) is 89.5 cm³/mol. The van der Waals surface area contributed by atoms with E-state index in [-0.39, 0.29) is 11.1 Å². The van der Waals surface area contributed by atoms with E-state index < -0.39 is 20.5 Å². The van der Waals surface area contributed by atoms with Gasteiger partial charge in [0.15, 0.2) is 8.32 Å². The van der Waals surface area contributed by atoms with Crippen molar-refractivity contribution in [3.05, 3.63) is 0 Å². The fourth-order valence-corrected chi connectivity index (χ4v) is 3.59. The summed E-state index contributed by atoms with van der Waals surface area (Å²) in [5.74, 6) is 0. The lowest BCUT2D eigenvalue weighted by molar-refractivity contribution is -0.111. The molecular weight excluding hydrogens is 298 g/mol. The van der Waals surface area contributed by atoms with Gasteiger partial charge in [-0.1, -0.05) is 34.1 Å². The molecule has 22 heavy (non-hydrogen) atoms. The van der Waals surface area contributed by atoms with E-state index in [4.69, 9.17) is 9.16 Å². The molecular formula is C16H31NO4Si. The normalized spacial score (nSPS) is 22.7. The van der Waals surface area contributed by atoms with Crippen molar-refractivity contribution in [2.45, 2.75) is 77.2 Å². The second-order valence-corrected chi connectivity index (χ2v) is 12.3. The van der Waals surface area contributed by atoms with Crippen LogP contribution in [0.15, 0.2) is 0 Å². The van der Waals surface area contributed by atoms with Crippen LogP contribution in [0.1, 0.15) is 47.0 Å². The molecule has 0 aromatic heterocycles. The lowest BCUT2D eigenvalue weighted by Crippen LogP contribution is -2.44. The van der Waals surface area contributed by atoms with Crippen molar-refractivity contribution >= 4 is 20.7 Å². The molecule has 0 N–H and O–H groups in total. The van der Waals surface area contributed by atoms with Crippen LogP contribution in [0.4, 0.5) is 4.79 Å². The zero-order chi connectivity index (χ0) is 17.0. The molecule has 0 aliphatic carbocycles. The van der Waals surface area contributed by atoms with Crippen LogP contribution in [-0.4, -0.2) is 50.9 Å². The molecule has 5 nitrogen and oxygen atoms in total. The van der Waals surface area contributed by atoms with Gasteiger partial charge >= 0.3 is 6.09 Å². The molecule has 1 aliphatic heterocycles. The molecule has 6 heteroatoms. The summed E-state index contributed by atoms with van der Waals surface area (Å²) in [5.41, 5.74) is 0. The third-order valence-electron chi connectivity index (χ3n) is 4.69. The van der Waals surface area contributed by atoms with Gasteiger partial charge in [-0.05, 0) is 24.6 Å².